The van der Waals surface area contributed by atoms with E-state index < -0.39 is 17.4 Å². The molecule has 0 aliphatic rings. The van der Waals surface area contributed by atoms with Crippen molar-refractivity contribution in [3.8, 4) is 0 Å². The Kier molecular flexibility index (Phi) is 6.19. The molecule has 0 spiro atoms. The molecule has 0 heterocycles. The van der Waals surface area contributed by atoms with E-state index in [4.69, 9.17) is 8.85 Å². The van der Waals surface area contributed by atoms with Crippen LogP contribution in [0.5, 0.6) is 0 Å². The lowest BCUT2D eigenvalue weighted by atomic mass is 10.2. The molecular weight excluding hydrogens is 268 g/mol. The zero-order valence-corrected chi connectivity index (χ0v) is 15.0. The van der Waals surface area contributed by atoms with Gasteiger partial charge in [-0.25, -0.2) is 0 Å². The van der Waals surface area contributed by atoms with E-state index in [1.165, 1.54) is 15.9 Å². The van der Waals surface area contributed by atoms with Gasteiger partial charge in [-0.3, -0.25) is 0 Å². The predicted octanol–water partition coefficient (Wildman–Crippen LogP) is 3.08. The SMILES string of the molecule is C=C(c1cccc([Si](C)(OCC)OCC)c1)[SiH](C)C. The number of hydrogen-bond acceptors (Lipinski definition) is 2. The summed E-state index contributed by atoms with van der Waals surface area (Å²) in [6.07, 6.45) is 0. The van der Waals surface area contributed by atoms with E-state index in [-0.39, 0.29) is 0 Å². The Morgan fingerprint density at radius 3 is 2.26 bits per heavy atom. The van der Waals surface area contributed by atoms with Gasteiger partial charge >= 0.3 is 8.56 Å². The van der Waals surface area contributed by atoms with E-state index in [0.717, 1.165) is 0 Å². The maximum atomic E-state index is 5.95. The van der Waals surface area contributed by atoms with Gasteiger partial charge in [0.1, 0.15) is 0 Å². The molecular formula is C15H26O2Si2. The first-order chi connectivity index (χ1) is 8.94. The first kappa shape index (κ1) is 16.4. The average molecular weight is 295 g/mol. The molecule has 106 valence electrons. The molecule has 1 rings (SSSR count). The highest BCUT2D eigenvalue weighted by molar-refractivity contribution is 6.80. The topological polar surface area (TPSA) is 18.5 Å². The summed E-state index contributed by atoms with van der Waals surface area (Å²) in [4.78, 5) is 0. The molecule has 0 bridgehead atoms. The van der Waals surface area contributed by atoms with Gasteiger partial charge in [-0.1, -0.05) is 49.1 Å². The van der Waals surface area contributed by atoms with Crippen LogP contribution in [0.2, 0.25) is 19.6 Å². The van der Waals surface area contributed by atoms with E-state index in [1.807, 2.05) is 13.8 Å². The van der Waals surface area contributed by atoms with Crippen molar-refractivity contribution in [1.82, 2.24) is 0 Å². The van der Waals surface area contributed by atoms with Crippen LogP contribution >= 0.6 is 0 Å². The monoisotopic (exact) mass is 294 g/mol. The summed E-state index contributed by atoms with van der Waals surface area (Å²) in [5.74, 6) is 0. The zero-order chi connectivity index (χ0) is 14.5. The summed E-state index contributed by atoms with van der Waals surface area (Å²) >= 11 is 0. The Morgan fingerprint density at radius 1 is 1.21 bits per heavy atom. The molecule has 0 saturated heterocycles. The largest absolute Gasteiger partial charge is 0.391 e. The number of benzene rings is 1. The second-order valence-electron chi connectivity index (χ2n) is 5.07. The average Bonchev–Trinajstić information content (AvgIpc) is 2.38. The molecule has 0 aliphatic heterocycles. The summed E-state index contributed by atoms with van der Waals surface area (Å²) in [6.45, 7) is 16.4. The second kappa shape index (κ2) is 7.19. The summed E-state index contributed by atoms with van der Waals surface area (Å²) in [7, 11) is -3.12. The van der Waals surface area contributed by atoms with Crippen LogP contribution in [0.15, 0.2) is 30.8 Å². The first-order valence-corrected chi connectivity index (χ1v) is 12.2. The fourth-order valence-electron chi connectivity index (χ4n) is 2.09. The normalized spacial score (nSPS) is 11.9. The molecule has 4 heteroatoms. The summed E-state index contributed by atoms with van der Waals surface area (Å²) in [5, 5.41) is 2.50. The van der Waals surface area contributed by atoms with Crippen LogP contribution in [-0.2, 0) is 8.85 Å². The van der Waals surface area contributed by atoms with Crippen molar-refractivity contribution in [3.05, 3.63) is 36.4 Å². The fraction of sp³-hybridized carbons (Fsp3) is 0.467. The maximum Gasteiger partial charge on any atom is 0.369 e. The van der Waals surface area contributed by atoms with Crippen LogP contribution in [0, 0.1) is 0 Å². The molecule has 1 aromatic rings. The first-order valence-electron chi connectivity index (χ1n) is 7.02. The van der Waals surface area contributed by atoms with Gasteiger partial charge in [0.05, 0.1) is 8.80 Å². The van der Waals surface area contributed by atoms with E-state index in [2.05, 4.69) is 50.5 Å². The van der Waals surface area contributed by atoms with E-state index in [9.17, 15) is 0 Å². The van der Waals surface area contributed by atoms with Gasteiger partial charge in [0.25, 0.3) is 0 Å². The van der Waals surface area contributed by atoms with Crippen molar-refractivity contribution >= 4 is 27.7 Å². The van der Waals surface area contributed by atoms with Gasteiger partial charge in [-0.15, -0.1) is 0 Å². The minimum atomic E-state index is -2.26. The standard InChI is InChI=1S/C15H26O2Si2/c1-7-16-19(6,17-8-2)15-11-9-10-14(12-15)13(3)18(4)5/h9-12,18H,3,7-8H2,1-2,4-6H3. The molecule has 1 aromatic carbocycles. The molecule has 0 radical (unpaired) electrons. The van der Waals surface area contributed by atoms with Crippen molar-refractivity contribution in [2.75, 3.05) is 13.2 Å². The zero-order valence-electron chi connectivity index (χ0n) is 12.8. The number of rotatable bonds is 7. The fourth-order valence-corrected chi connectivity index (χ4v) is 5.28. The van der Waals surface area contributed by atoms with Crippen molar-refractivity contribution in [2.24, 2.45) is 0 Å². The Bertz CT molecular complexity index is 424. The highest BCUT2D eigenvalue weighted by Crippen LogP contribution is 2.16. The summed E-state index contributed by atoms with van der Waals surface area (Å²) in [6, 6.07) is 8.57. The molecule has 2 nitrogen and oxygen atoms in total. The smallest absolute Gasteiger partial charge is 0.369 e. The highest BCUT2D eigenvalue weighted by atomic mass is 28.4. The third-order valence-electron chi connectivity index (χ3n) is 3.29. The predicted molar refractivity (Wildman–Crippen MR) is 88.9 cm³/mol. The highest BCUT2D eigenvalue weighted by Gasteiger charge is 2.33. The van der Waals surface area contributed by atoms with E-state index >= 15 is 0 Å². The lowest BCUT2D eigenvalue weighted by Crippen LogP contribution is -2.51. The molecule has 0 fully saturated rings. The Hall–Kier alpha value is -0.686. The minimum Gasteiger partial charge on any atom is -0.391 e. The van der Waals surface area contributed by atoms with Gasteiger partial charge in [0.15, 0.2) is 0 Å². The van der Waals surface area contributed by atoms with Gasteiger partial charge in [-0.2, -0.15) is 0 Å². The minimum absolute atomic E-state index is 0.687. The van der Waals surface area contributed by atoms with Crippen molar-refractivity contribution in [3.63, 3.8) is 0 Å². The van der Waals surface area contributed by atoms with Crippen LogP contribution in [0.25, 0.3) is 5.20 Å². The quantitative estimate of drug-likeness (QED) is 0.720. The number of hydrogen-bond donors (Lipinski definition) is 0. The Labute approximate surface area is 120 Å². The summed E-state index contributed by atoms with van der Waals surface area (Å²) in [5.41, 5.74) is 1.25. The summed E-state index contributed by atoms with van der Waals surface area (Å²) < 4.78 is 11.9. The van der Waals surface area contributed by atoms with E-state index in [0.29, 0.717) is 13.2 Å². The molecule has 19 heavy (non-hydrogen) atoms. The molecule has 0 aliphatic carbocycles. The third-order valence-corrected chi connectivity index (χ3v) is 8.06. The van der Waals surface area contributed by atoms with E-state index in [1.54, 1.807) is 0 Å². The molecule has 0 unspecified atom stereocenters. The third kappa shape index (κ3) is 4.14. The van der Waals surface area contributed by atoms with Gasteiger partial charge in [0.2, 0.25) is 0 Å². The lowest BCUT2D eigenvalue weighted by molar-refractivity contribution is 0.202. The molecule has 0 atom stereocenters. The van der Waals surface area contributed by atoms with Crippen molar-refractivity contribution < 1.29 is 8.85 Å². The molecule has 0 N–H and O–H groups in total. The molecule has 0 saturated carbocycles. The van der Waals surface area contributed by atoms with Crippen molar-refractivity contribution in [2.45, 2.75) is 33.5 Å². The Morgan fingerprint density at radius 2 is 1.79 bits per heavy atom. The van der Waals surface area contributed by atoms with Crippen LogP contribution in [-0.4, -0.2) is 30.6 Å². The van der Waals surface area contributed by atoms with Gasteiger partial charge in [0, 0.05) is 13.2 Å². The van der Waals surface area contributed by atoms with Crippen LogP contribution < -0.4 is 5.19 Å². The van der Waals surface area contributed by atoms with Crippen molar-refractivity contribution in [1.29, 1.82) is 0 Å². The molecule has 0 aromatic heterocycles. The van der Waals surface area contributed by atoms with Crippen LogP contribution in [0.1, 0.15) is 19.4 Å². The molecule has 0 amide bonds. The lowest BCUT2D eigenvalue weighted by Gasteiger charge is -2.27. The van der Waals surface area contributed by atoms with Gasteiger partial charge < -0.3 is 8.85 Å². The second-order valence-corrected chi connectivity index (χ2v) is 11.1. The Balaban J connectivity index is 3.11. The van der Waals surface area contributed by atoms with Crippen LogP contribution in [0.3, 0.4) is 0 Å². The van der Waals surface area contributed by atoms with Crippen LogP contribution in [0.4, 0.5) is 0 Å². The van der Waals surface area contributed by atoms with Gasteiger partial charge in [-0.05, 0) is 31.1 Å². The maximum absolute atomic E-state index is 5.95.